The lowest BCUT2D eigenvalue weighted by molar-refractivity contribution is -0.145. The zero-order valence-corrected chi connectivity index (χ0v) is 10.5. The van der Waals surface area contributed by atoms with Crippen molar-refractivity contribution in [2.24, 2.45) is 0 Å². The Morgan fingerprint density at radius 2 is 1.57 bits per heavy atom. The number of hydrogen-bond donors (Lipinski definition) is 0. The Kier molecular flexibility index (Phi) is 24.9. The van der Waals surface area contributed by atoms with Crippen LogP contribution in [0.15, 0.2) is 0 Å². The first kappa shape index (κ1) is 19.1. The van der Waals surface area contributed by atoms with Crippen molar-refractivity contribution in [1.82, 2.24) is 0 Å². The minimum atomic E-state index is -0.506. The molecule has 0 bridgehead atoms. The van der Waals surface area contributed by atoms with Gasteiger partial charge in [0.2, 0.25) is 0 Å². The third kappa shape index (κ3) is 17.5. The number of carbonyl (C=O) groups is 2. The highest BCUT2D eigenvalue weighted by Gasteiger charge is 2.07. The van der Waals surface area contributed by atoms with Crippen molar-refractivity contribution < 1.29 is 14.3 Å². The van der Waals surface area contributed by atoms with Crippen LogP contribution < -0.4 is 0 Å². The highest BCUT2D eigenvalue weighted by molar-refractivity contribution is 6.28. The number of halogens is 1. The molecular formula is C10H21ClO3. The average molecular weight is 225 g/mol. The molecule has 3 nitrogen and oxygen atoms in total. The van der Waals surface area contributed by atoms with E-state index in [0.29, 0.717) is 6.61 Å². The Bertz CT molecular complexity index is 135. The number of ether oxygens (including phenoxy) is 1. The molecule has 0 unspecified atom stereocenters. The number of hydrogen-bond acceptors (Lipinski definition) is 3. The topological polar surface area (TPSA) is 43.4 Å². The zero-order chi connectivity index (χ0) is 12.0. The van der Waals surface area contributed by atoms with Crippen LogP contribution in [-0.2, 0) is 14.3 Å². The largest absolute Gasteiger partial charge is 0.466 e. The predicted octanol–water partition coefficient (Wildman–Crippen LogP) is 2.80. The highest BCUT2D eigenvalue weighted by atomic mass is 35.5. The van der Waals surface area contributed by atoms with Crippen LogP contribution >= 0.6 is 11.6 Å². The van der Waals surface area contributed by atoms with Crippen molar-refractivity contribution in [3.8, 4) is 0 Å². The van der Waals surface area contributed by atoms with Crippen LogP contribution in [0.25, 0.3) is 0 Å². The van der Waals surface area contributed by atoms with Gasteiger partial charge in [-0.1, -0.05) is 27.7 Å². The molecular weight excluding hydrogens is 204 g/mol. The molecule has 4 heteroatoms. The van der Waals surface area contributed by atoms with Gasteiger partial charge in [0, 0.05) is 0 Å². The first-order valence-corrected chi connectivity index (χ1v) is 5.47. The molecule has 0 aromatic carbocycles. The summed E-state index contributed by atoms with van der Waals surface area (Å²) in [6.45, 7) is 9.98. The summed E-state index contributed by atoms with van der Waals surface area (Å²) in [5, 5.41) is 0. The Labute approximate surface area is 91.8 Å². The molecule has 0 aliphatic rings. The number of rotatable bonds is 4. The number of carbonyl (C=O) groups excluding carboxylic acids is 2. The fourth-order valence-electron chi connectivity index (χ4n) is 0.420. The molecule has 0 aromatic rings. The SMILES string of the molecule is CC.CC.CCOC(=O)CC(=O)CCl. The lowest BCUT2D eigenvalue weighted by atomic mass is 10.3. The summed E-state index contributed by atoms with van der Waals surface area (Å²) in [6.07, 6.45) is -0.211. The van der Waals surface area contributed by atoms with Crippen molar-refractivity contribution in [2.45, 2.75) is 41.0 Å². The maximum Gasteiger partial charge on any atom is 0.313 e. The van der Waals surface area contributed by atoms with Gasteiger partial charge in [-0.05, 0) is 6.92 Å². The molecule has 14 heavy (non-hydrogen) atoms. The first-order chi connectivity index (χ1) is 6.70. The van der Waals surface area contributed by atoms with Crippen LogP contribution in [0.4, 0.5) is 0 Å². The van der Waals surface area contributed by atoms with Crippen LogP contribution in [-0.4, -0.2) is 24.2 Å². The van der Waals surface area contributed by atoms with E-state index < -0.39 is 5.97 Å². The van der Waals surface area contributed by atoms with E-state index in [9.17, 15) is 9.59 Å². The number of alkyl halides is 1. The molecule has 0 aromatic heterocycles. The minimum Gasteiger partial charge on any atom is -0.466 e. The first-order valence-electron chi connectivity index (χ1n) is 4.94. The van der Waals surface area contributed by atoms with Gasteiger partial charge in [0.15, 0.2) is 5.78 Å². The van der Waals surface area contributed by atoms with E-state index >= 15 is 0 Å². The van der Waals surface area contributed by atoms with Crippen LogP contribution in [0.5, 0.6) is 0 Å². The normalized spacial score (nSPS) is 7.29. The van der Waals surface area contributed by atoms with Crippen LogP contribution in [0.3, 0.4) is 0 Å². The van der Waals surface area contributed by atoms with E-state index in [1.807, 2.05) is 27.7 Å². The standard InChI is InChI=1S/C6H9ClO3.2C2H6/c1-2-10-6(9)3-5(8)4-7;2*1-2/h2-4H2,1H3;2*1-2H3. The quantitative estimate of drug-likeness (QED) is 0.419. The molecule has 0 spiro atoms. The summed E-state index contributed by atoms with van der Waals surface area (Å²) in [5.74, 6) is -0.938. The summed E-state index contributed by atoms with van der Waals surface area (Å²) in [4.78, 5) is 21.0. The van der Waals surface area contributed by atoms with Gasteiger partial charge in [-0.3, -0.25) is 9.59 Å². The lowest BCUT2D eigenvalue weighted by Crippen LogP contribution is -2.11. The lowest BCUT2D eigenvalue weighted by Gasteiger charge is -1.97. The molecule has 0 amide bonds. The zero-order valence-electron chi connectivity index (χ0n) is 9.72. The fraction of sp³-hybridized carbons (Fsp3) is 0.800. The van der Waals surface area contributed by atoms with Gasteiger partial charge < -0.3 is 4.74 Å². The second-order valence-corrected chi connectivity index (χ2v) is 1.92. The van der Waals surface area contributed by atoms with Gasteiger partial charge in [-0.15, -0.1) is 11.6 Å². The summed E-state index contributed by atoms with van der Waals surface area (Å²) >= 11 is 5.14. The smallest absolute Gasteiger partial charge is 0.313 e. The number of esters is 1. The van der Waals surface area contributed by atoms with E-state index in [4.69, 9.17) is 11.6 Å². The van der Waals surface area contributed by atoms with E-state index in [2.05, 4.69) is 4.74 Å². The summed E-state index contributed by atoms with van der Waals surface area (Å²) < 4.78 is 4.50. The summed E-state index contributed by atoms with van der Waals surface area (Å²) in [5.41, 5.74) is 0. The highest BCUT2D eigenvalue weighted by Crippen LogP contribution is 1.90. The Hall–Kier alpha value is -0.570. The van der Waals surface area contributed by atoms with Crippen LogP contribution in [0.1, 0.15) is 41.0 Å². The molecule has 0 saturated carbocycles. The Balaban J connectivity index is -0.000000266. The third-order valence-electron chi connectivity index (χ3n) is 0.796. The Morgan fingerprint density at radius 3 is 1.86 bits per heavy atom. The maximum atomic E-state index is 10.5. The van der Waals surface area contributed by atoms with Gasteiger partial charge in [0.25, 0.3) is 0 Å². The van der Waals surface area contributed by atoms with Gasteiger partial charge in [0.1, 0.15) is 6.42 Å². The predicted molar refractivity (Wildman–Crippen MR) is 59.7 cm³/mol. The summed E-state index contributed by atoms with van der Waals surface area (Å²) in [6, 6.07) is 0. The molecule has 0 aliphatic heterocycles. The average Bonchev–Trinajstić information content (AvgIpc) is 2.24. The number of ketones is 1. The van der Waals surface area contributed by atoms with Crippen molar-refractivity contribution in [3.63, 3.8) is 0 Å². The monoisotopic (exact) mass is 224 g/mol. The molecule has 86 valence electrons. The molecule has 0 atom stereocenters. The van der Waals surface area contributed by atoms with Crippen molar-refractivity contribution in [1.29, 1.82) is 0 Å². The second-order valence-electron chi connectivity index (χ2n) is 1.65. The molecule has 0 aliphatic carbocycles. The molecule has 0 saturated heterocycles. The van der Waals surface area contributed by atoms with Gasteiger partial charge in [-0.25, -0.2) is 0 Å². The number of Topliss-reactive ketones (excluding diaryl/α,β-unsaturated/α-hetero) is 1. The van der Waals surface area contributed by atoms with Gasteiger partial charge in [0.05, 0.1) is 12.5 Å². The second kappa shape index (κ2) is 18.3. The van der Waals surface area contributed by atoms with E-state index in [0.717, 1.165) is 0 Å². The maximum absolute atomic E-state index is 10.5. The van der Waals surface area contributed by atoms with Gasteiger partial charge >= 0.3 is 5.97 Å². The minimum absolute atomic E-state index is 0.126. The molecule has 0 heterocycles. The molecule has 0 N–H and O–H groups in total. The van der Waals surface area contributed by atoms with E-state index in [1.54, 1.807) is 6.92 Å². The van der Waals surface area contributed by atoms with Crippen molar-refractivity contribution in [3.05, 3.63) is 0 Å². The third-order valence-corrected chi connectivity index (χ3v) is 1.09. The van der Waals surface area contributed by atoms with Gasteiger partial charge in [-0.2, -0.15) is 0 Å². The fourth-order valence-corrected chi connectivity index (χ4v) is 0.515. The molecule has 0 rings (SSSR count). The molecule has 0 radical (unpaired) electrons. The van der Waals surface area contributed by atoms with Crippen LogP contribution in [0.2, 0.25) is 0 Å². The van der Waals surface area contributed by atoms with Crippen molar-refractivity contribution >= 4 is 23.4 Å². The van der Waals surface area contributed by atoms with Crippen molar-refractivity contribution in [2.75, 3.05) is 12.5 Å². The molecule has 0 fully saturated rings. The van der Waals surface area contributed by atoms with E-state index in [1.165, 1.54) is 0 Å². The summed E-state index contributed by atoms with van der Waals surface area (Å²) in [7, 11) is 0. The van der Waals surface area contributed by atoms with E-state index in [-0.39, 0.29) is 18.1 Å². The van der Waals surface area contributed by atoms with Crippen LogP contribution in [0, 0.1) is 0 Å². The Morgan fingerprint density at radius 1 is 1.14 bits per heavy atom.